The molecule has 0 amide bonds. The van der Waals surface area contributed by atoms with Crippen LogP contribution in [0.15, 0.2) is 35.5 Å². The van der Waals surface area contributed by atoms with E-state index in [9.17, 15) is 0 Å². The first-order valence-corrected chi connectivity index (χ1v) is 6.42. The minimum atomic E-state index is 0.399. The van der Waals surface area contributed by atoms with Crippen molar-refractivity contribution in [1.29, 1.82) is 0 Å². The van der Waals surface area contributed by atoms with Crippen LogP contribution in [0, 0.1) is 5.41 Å². The summed E-state index contributed by atoms with van der Waals surface area (Å²) < 4.78 is 0. The molecule has 0 N–H and O–H groups in total. The van der Waals surface area contributed by atoms with Gasteiger partial charge < -0.3 is 0 Å². The van der Waals surface area contributed by atoms with Gasteiger partial charge >= 0.3 is 0 Å². The SMILES string of the molecule is CCCC1(CCC)C=CC2=C1C=CCC2. The molecule has 0 aromatic heterocycles. The highest BCUT2D eigenvalue weighted by Gasteiger charge is 2.34. The summed E-state index contributed by atoms with van der Waals surface area (Å²) in [5, 5.41) is 0. The molecule has 2 aliphatic carbocycles. The highest BCUT2D eigenvalue weighted by Crippen LogP contribution is 2.47. The van der Waals surface area contributed by atoms with Gasteiger partial charge in [-0.2, -0.15) is 0 Å². The van der Waals surface area contributed by atoms with Gasteiger partial charge in [-0.1, -0.05) is 51.0 Å². The Hall–Kier alpha value is -0.780. The van der Waals surface area contributed by atoms with E-state index in [1.165, 1.54) is 38.5 Å². The van der Waals surface area contributed by atoms with Crippen LogP contribution in [0.4, 0.5) is 0 Å². The molecule has 0 radical (unpaired) electrons. The summed E-state index contributed by atoms with van der Waals surface area (Å²) in [4.78, 5) is 0. The number of hydrogen-bond acceptors (Lipinski definition) is 0. The van der Waals surface area contributed by atoms with Crippen molar-refractivity contribution < 1.29 is 0 Å². The van der Waals surface area contributed by atoms with E-state index in [1.54, 1.807) is 11.1 Å². The molecule has 0 aromatic rings. The van der Waals surface area contributed by atoms with Crippen LogP contribution in [0.3, 0.4) is 0 Å². The fourth-order valence-electron chi connectivity index (χ4n) is 3.14. The van der Waals surface area contributed by atoms with Crippen LogP contribution in [0.25, 0.3) is 0 Å². The van der Waals surface area contributed by atoms with Crippen LogP contribution in [-0.2, 0) is 0 Å². The lowest BCUT2D eigenvalue weighted by Gasteiger charge is -2.31. The number of hydrogen-bond donors (Lipinski definition) is 0. The first-order valence-electron chi connectivity index (χ1n) is 6.42. The van der Waals surface area contributed by atoms with Crippen LogP contribution in [0.2, 0.25) is 0 Å². The summed E-state index contributed by atoms with van der Waals surface area (Å²) in [5.41, 5.74) is 3.65. The number of allylic oxidation sites excluding steroid dienone is 6. The Labute approximate surface area is 93.8 Å². The zero-order valence-electron chi connectivity index (χ0n) is 10.1. The predicted octanol–water partition coefficient (Wildman–Crippen LogP) is 4.79. The van der Waals surface area contributed by atoms with Gasteiger partial charge in [-0.05, 0) is 36.8 Å². The molecule has 0 saturated carbocycles. The summed E-state index contributed by atoms with van der Waals surface area (Å²) in [6.07, 6.45) is 17.3. The number of rotatable bonds is 4. The van der Waals surface area contributed by atoms with Crippen molar-refractivity contribution in [3.05, 3.63) is 35.5 Å². The summed E-state index contributed by atoms with van der Waals surface area (Å²) in [5.74, 6) is 0. The molecule has 0 nitrogen and oxygen atoms in total. The van der Waals surface area contributed by atoms with E-state index in [-0.39, 0.29) is 0 Å². The third-order valence-electron chi connectivity index (χ3n) is 3.74. The van der Waals surface area contributed by atoms with Crippen LogP contribution in [0.1, 0.15) is 52.4 Å². The van der Waals surface area contributed by atoms with Gasteiger partial charge in [-0.15, -0.1) is 0 Å². The second kappa shape index (κ2) is 4.38. The zero-order valence-corrected chi connectivity index (χ0v) is 10.1. The average Bonchev–Trinajstić information content (AvgIpc) is 2.60. The molecule has 82 valence electrons. The lowest BCUT2D eigenvalue weighted by atomic mass is 9.73. The maximum absolute atomic E-state index is 2.49. The molecule has 15 heavy (non-hydrogen) atoms. The van der Waals surface area contributed by atoms with E-state index in [2.05, 4.69) is 38.2 Å². The molecule has 0 spiro atoms. The van der Waals surface area contributed by atoms with Gasteiger partial charge in [0.2, 0.25) is 0 Å². The summed E-state index contributed by atoms with van der Waals surface area (Å²) >= 11 is 0. The molecule has 0 aliphatic heterocycles. The summed E-state index contributed by atoms with van der Waals surface area (Å²) in [7, 11) is 0. The van der Waals surface area contributed by atoms with E-state index >= 15 is 0 Å². The third kappa shape index (κ3) is 1.82. The van der Waals surface area contributed by atoms with Crippen molar-refractivity contribution in [2.24, 2.45) is 5.41 Å². The summed E-state index contributed by atoms with van der Waals surface area (Å²) in [6.45, 7) is 4.60. The third-order valence-corrected chi connectivity index (χ3v) is 3.74. The monoisotopic (exact) mass is 202 g/mol. The second-order valence-electron chi connectivity index (χ2n) is 4.87. The minimum absolute atomic E-state index is 0.399. The predicted molar refractivity (Wildman–Crippen MR) is 66.8 cm³/mol. The quantitative estimate of drug-likeness (QED) is 0.615. The molecule has 0 saturated heterocycles. The van der Waals surface area contributed by atoms with Gasteiger partial charge in [0.25, 0.3) is 0 Å². The Morgan fingerprint density at radius 2 is 1.87 bits per heavy atom. The molecule has 0 unspecified atom stereocenters. The van der Waals surface area contributed by atoms with Crippen molar-refractivity contribution in [3.63, 3.8) is 0 Å². The topological polar surface area (TPSA) is 0 Å². The normalized spacial score (nSPS) is 22.3. The van der Waals surface area contributed by atoms with E-state index in [4.69, 9.17) is 0 Å². The van der Waals surface area contributed by atoms with Crippen molar-refractivity contribution in [3.8, 4) is 0 Å². The van der Waals surface area contributed by atoms with Crippen molar-refractivity contribution in [1.82, 2.24) is 0 Å². The van der Waals surface area contributed by atoms with E-state index < -0.39 is 0 Å². The molecule has 2 aliphatic rings. The molecule has 0 heterocycles. The van der Waals surface area contributed by atoms with Crippen molar-refractivity contribution in [2.45, 2.75) is 52.4 Å². The Morgan fingerprint density at radius 1 is 1.13 bits per heavy atom. The molecule has 2 rings (SSSR count). The van der Waals surface area contributed by atoms with Crippen LogP contribution >= 0.6 is 0 Å². The Balaban J connectivity index is 2.29. The van der Waals surface area contributed by atoms with Gasteiger partial charge in [0, 0.05) is 5.41 Å². The van der Waals surface area contributed by atoms with Crippen LogP contribution in [-0.4, -0.2) is 0 Å². The fraction of sp³-hybridized carbons (Fsp3) is 0.600. The first kappa shape index (κ1) is 10.7. The average molecular weight is 202 g/mol. The highest BCUT2D eigenvalue weighted by molar-refractivity contribution is 5.49. The summed E-state index contributed by atoms with van der Waals surface area (Å²) in [6, 6.07) is 0. The fourth-order valence-corrected chi connectivity index (χ4v) is 3.14. The van der Waals surface area contributed by atoms with E-state index in [0.29, 0.717) is 5.41 Å². The van der Waals surface area contributed by atoms with Crippen molar-refractivity contribution >= 4 is 0 Å². The van der Waals surface area contributed by atoms with E-state index in [0.717, 1.165) is 0 Å². The maximum atomic E-state index is 2.49. The van der Waals surface area contributed by atoms with Gasteiger partial charge in [0.15, 0.2) is 0 Å². The largest absolute Gasteiger partial charge is 0.0839 e. The van der Waals surface area contributed by atoms with Crippen LogP contribution < -0.4 is 0 Å². The molecule has 0 aromatic carbocycles. The Morgan fingerprint density at radius 3 is 2.53 bits per heavy atom. The van der Waals surface area contributed by atoms with Crippen molar-refractivity contribution in [2.75, 3.05) is 0 Å². The highest BCUT2D eigenvalue weighted by atomic mass is 14.4. The van der Waals surface area contributed by atoms with Gasteiger partial charge in [0.05, 0.1) is 0 Å². The zero-order chi connectivity index (χ0) is 10.7. The second-order valence-corrected chi connectivity index (χ2v) is 4.87. The Kier molecular flexibility index (Phi) is 3.14. The Bertz CT molecular complexity index is 309. The van der Waals surface area contributed by atoms with Gasteiger partial charge in [-0.25, -0.2) is 0 Å². The van der Waals surface area contributed by atoms with Gasteiger partial charge in [-0.3, -0.25) is 0 Å². The molecular formula is C15H22. The molecule has 0 fully saturated rings. The molecule has 0 atom stereocenters. The maximum Gasteiger partial charge on any atom is 0.0137 e. The van der Waals surface area contributed by atoms with E-state index in [1.807, 2.05) is 0 Å². The van der Waals surface area contributed by atoms with Crippen LogP contribution in [0.5, 0.6) is 0 Å². The lowest BCUT2D eigenvalue weighted by Crippen LogP contribution is -2.18. The standard InChI is InChI=1S/C15H22/c1-3-10-15(11-4-2)12-9-13-7-5-6-8-14(13)15/h6,8-9,12H,3-5,7,10-11H2,1-2H3. The minimum Gasteiger partial charge on any atom is -0.0839 e. The molecule has 0 heteroatoms. The first-order chi connectivity index (χ1) is 7.32. The van der Waals surface area contributed by atoms with Gasteiger partial charge in [0.1, 0.15) is 0 Å². The lowest BCUT2D eigenvalue weighted by molar-refractivity contribution is 0.390. The molecular weight excluding hydrogens is 180 g/mol. The smallest absolute Gasteiger partial charge is 0.0137 e. The molecule has 0 bridgehead atoms.